The Bertz CT molecular complexity index is 1780. The minimum Gasteiger partial charge on any atom is -0.491 e. The van der Waals surface area contributed by atoms with E-state index in [1.807, 2.05) is 61.5 Å². The average molecular weight is 637 g/mol. The van der Waals surface area contributed by atoms with Gasteiger partial charge in [-0.1, -0.05) is 37.3 Å². The van der Waals surface area contributed by atoms with E-state index in [1.165, 1.54) is 5.69 Å². The predicted octanol–water partition coefficient (Wildman–Crippen LogP) is 4.27. The van der Waals surface area contributed by atoms with E-state index < -0.39 is 5.79 Å². The minimum absolute atomic E-state index is 0.0721. The molecule has 0 bridgehead atoms. The SMILES string of the molecule is CC[C@H](C)n1ncn(-c2ccc(N3CCN(c4ccc(OC[C@H]5CO[C@@](Cn6nccn6)(c6ccccc6)O5)cc4)CC3)cc2)c1=O. The van der Waals surface area contributed by atoms with E-state index in [4.69, 9.17) is 14.2 Å². The Balaban J connectivity index is 0.913. The van der Waals surface area contributed by atoms with Gasteiger partial charge in [0, 0.05) is 43.1 Å². The molecule has 47 heavy (non-hydrogen) atoms. The Labute approximate surface area is 273 Å². The van der Waals surface area contributed by atoms with Gasteiger partial charge in [-0.3, -0.25) is 0 Å². The third kappa shape index (κ3) is 6.51. The highest BCUT2D eigenvalue weighted by Gasteiger charge is 2.44. The van der Waals surface area contributed by atoms with E-state index in [2.05, 4.69) is 56.3 Å². The molecule has 5 aromatic rings. The number of nitrogens with zero attached hydrogens (tertiary/aromatic N) is 8. The molecule has 2 aliphatic rings. The van der Waals surface area contributed by atoms with Crippen LogP contribution in [0.2, 0.25) is 0 Å². The Morgan fingerprint density at radius 3 is 2.11 bits per heavy atom. The van der Waals surface area contributed by atoms with Crippen LogP contribution in [-0.2, 0) is 21.8 Å². The molecule has 2 fully saturated rings. The third-order valence-corrected chi connectivity index (χ3v) is 9.00. The number of benzene rings is 3. The van der Waals surface area contributed by atoms with Crippen molar-refractivity contribution in [2.24, 2.45) is 0 Å². The monoisotopic (exact) mass is 636 g/mol. The van der Waals surface area contributed by atoms with Gasteiger partial charge in [-0.15, -0.1) is 0 Å². The molecule has 0 unspecified atom stereocenters. The maximum absolute atomic E-state index is 12.8. The van der Waals surface area contributed by atoms with Gasteiger partial charge in [0.25, 0.3) is 0 Å². The third-order valence-electron chi connectivity index (χ3n) is 9.00. The van der Waals surface area contributed by atoms with Crippen LogP contribution in [0.3, 0.4) is 0 Å². The van der Waals surface area contributed by atoms with E-state index >= 15 is 0 Å². The van der Waals surface area contributed by atoms with Crippen molar-refractivity contribution in [1.29, 1.82) is 0 Å². The van der Waals surface area contributed by atoms with E-state index in [1.54, 1.807) is 32.8 Å². The molecule has 244 valence electrons. The van der Waals surface area contributed by atoms with Crippen LogP contribution in [0, 0.1) is 0 Å². The highest BCUT2D eigenvalue weighted by molar-refractivity contribution is 5.54. The minimum atomic E-state index is -0.973. The fourth-order valence-electron chi connectivity index (χ4n) is 6.13. The summed E-state index contributed by atoms with van der Waals surface area (Å²) < 4.78 is 22.0. The lowest BCUT2D eigenvalue weighted by Crippen LogP contribution is -2.46. The summed E-state index contributed by atoms with van der Waals surface area (Å²) in [6.07, 6.45) is 5.51. The van der Waals surface area contributed by atoms with Gasteiger partial charge in [0.1, 0.15) is 31.3 Å². The Kier molecular flexibility index (Phi) is 8.77. The molecule has 0 N–H and O–H groups in total. The van der Waals surface area contributed by atoms with E-state index in [-0.39, 0.29) is 17.8 Å². The van der Waals surface area contributed by atoms with Crippen molar-refractivity contribution >= 4 is 11.4 Å². The molecule has 2 aliphatic heterocycles. The molecular weight excluding hydrogens is 596 g/mol. The number of hydrogen-bond donors (Lipinski definition) is 0. The lowest BCUT2D eigenvalue weighted by Gasteiger charge is -2.37. The zero-order valence-corrected chi connectivity index (χ0v) is 26.8. The topological polar surface area (TPSA) is 105 Å². The normalized spacial score (nSPS) is 20.4. The summed E-state index contributed by atoms with van der Waals surface area (Å²) in [6, 6.07) is 26.4. The van der Waals surface area contributed by atoms with Crippen LogP contribution in [0.4, 0.5) is 11.4 Å². The highest BCUT2D eigenvalue weighted by atomic mass is 16.8. The van der Waals surface area contributed by atoms with Crippen molar-refractivity contribution in [2.75, 3.05) is 49.2 Å². The van der Waals surface area contributed by atoms with Gasteiger partial charge in [0.05, 0.1) is 30.7 Å². The first kappa shape index (κ1) is 30.7. The van der Waals surface area contributed by atoms with E-state index in [0.29, 0.717) is 19.8 Å². The molecule has 2 aromatic heterocycles. The van der Waals surface area contributed by atoms with E-state index in [0.717, 1.165) is 55.3 Å². The Morgan fingerprint density at radius 1 is 0.851 bits per heavy atom. The molecule has 0 spiro atoms. The zero-order valence-electron chi connectivity index (χ0n) is 26.8. The van der Waals surface area contributed by atoms with Crippen molar-refractivity contribution in [3.05, 3.63) is 114 Å². The van der Waals surface area contributed by atoms with Crippen LogP contribution in [0.5, 0.6) is 5.75 Å². The zero-order chi connectivity index (χ0) is 32.2. The number of piperazine rings is 1. The van der Waals surface area contributed by atoms with Gasteiger partial charge in [-0.05, 0) is 61.9 Å². The molecule has 0 radical (unpaired) electrons. The van der Waals surface area contributed by atoms with Gasteiger partial charge in [0.15, 0.2) is 0 Å². The van der Waals surface area contributed by atoms with Gasteiger partial charge < -0.3 is 24.0 Å². The number of aromatic nitrogens is 6. The fraction of sp³-hybridized carbons (Fsp3) is 0.371. The standard InChI is InChI=1S/C35H40N8O4/c1-3-27(2)43-34(44)41(26-38-43)31-11-9-29(10-12-31)39-19-21-40(22-20-39)30-13-15-32(16-14-30)45-23-33-24-46-35(47-33,25-42-36-17-18-37-42)28-7-5-4-6-8-28/h4-18,26-27,33H,3,19-25H2,1-2H3/t27-,33-,35+/m0/s1. The predicted molar refractivity (Wildman–Crippen MR) is 178 cm³/mol. The summed E-state index contributed by atoms with van der Waals surface area (Å²) in [5, 5.41) is 12.8. The molecule has 7 rings (SSSR count). The summed E-state index contributed by atoms with van der Waals surface area (Å²) in [5.74, 6) is -0.185. The summed E-state index contributed by atoms with van der Waals surface area (Å²) in [5.41, 5.74) is 3.95. The van der Waals surface area contributed by atoms with Crippen molar-refractivity contribution in [1.82, 2.24) is 29.3 Å². The molecule has 0 amide bonds. The lowest BCUT2D eigenvalue weighted by molar-refractivity contribution is -0.192. The number of anilines is 2. The first-order valence-electron chi connectivity index (χ1n) is 16.2. The fourth-order valence-corrected chi connectivity index (χ4v) is 6.13. The molecule has 2 saturated heterocycles. The van der Waals surface area contributed by atoms with Gasteiger partial charge in [-0.2, -0.15) is 20.1 Å². The molecular formula is C35H40N8O4. The smallest absolute Gasteiger partial charge is 0.350 e. The maximum atomic E-state index is 12.8. The van der Waals surface area contributed by atoms with Crippen molar-refractivity contribution in [2.45, 2.75) is 44.7 Å². The summed E-state index contributed by atoms with van der Waals surface area (Å²) in [6.45, 7) is 8.79. The van der Waals surface area contributed by atoms with Crippen LogP contribution >= 0.6 is 0 Å². The van der Waals surface area contributed by atoms with Gasteiger partial charge in [-0.25, -0.2) is 14.0 Å². The molecule has 12 nitrogen and oxygen atoms in total. The average Bonchev–Trinajstić information content (AvgIpc) is 3.89. The number of ether oxygens (including phenoxy) is 3. The van der Waals surface area contributed by atoms with Crippen molar-refractivity contribution in [3.8, 4) is 11.4 Å². The second-order valence-corrected chi connectivity index (χ2v) is 12.0. The maximum Gasteiger partial charge on any atom is 0.350 e. The molecule has 12 heteroatoms. The van der Waals surface area contributed by atoms with Crippen LogP contribution in [0.15, 0.2) is 102 Å². The molecule has 3 aromatic carbocycles. The first-order chi connectivity index (χ1) is 23.0. The largest absolute Gasteiger partial charge is 0.491 e. The Hall–Kier alpha value is -4.94. The van der Waals surface area contributed by atoms with E-state index in [9.17, 15) is 4.79 Å². The Morgan fingerprint density at radius 2 is 1.47 bits per heavy atom. The van der Waals surface area contributed by atoms with Crippen molar-refractivity contribution < 1.29 is 14.2 Å². The van der Waals surface area contributed by atoms with Gasteiger partial charge in [0.2, 0.25) is 5.79 Å². The molecule has 0 saturated carbocycles. The lowest BCUT2D eigenvalue weighted by atomic mass is 10.1. The highest BCUT2D eigenvalue weighted by Crippen LogP contribution is 2.36. The first-order valence-corrected chi connectivity index (χ1v) is 16.2. The van der Waals surface area contributed by atoms with Crippen LogP contribution < -0.4 is 20.2 Å². The number of rotatable bonds is 11. The van der Waals surface area contributed by atoms with Crippen LogP contribution in [0.25, 0.3) is 5.69 Å². The molecule has 4 heterocycles. The number of hydrogen-bond acceptors (Lipinski definition) is 9. The second kappa shape index (κ2) is 13.4. The quantitative estimate of drug-likeness (QED) is 0.210. The summed E-state index contributed by atoms with van der Waals surface area (Å²) in [7, 11) is 0. The molecule has 3 atom stereocenters. The summed E-state index contributed by atoms with van der Waals surface area (Å²) in [4.78, 5) is 19.1. The summed E-state index contributed by atoms with van der Waals surface area (Å²) >= 11 is 0. The van der Waals surface area contributed by atoms with Crippen LogP contribution in [0.1, 0.15) is 31.9 Å². The second-order valence-electron chi connectivity index (χ2n) is 12.0. The van der Waals surface area contributed by atoms with Crippen LogP contribution in [-0.4, -0.2) is 74.8 Å². The van der Waals surface area contributed by atoms with Crippen molar-refractivity contribution in [3.63, 3.8) is 0 Å². The molecule has 0 aliphatic carbocycles. The van der Waals surface area contributed by atoms with Gasteiger partial charge >= 0.3 is 5.69 Å².